The highest BCUT2D eigenvalue weighted by atomic mass is 32.2. The van der Waals surface area contributed by atoms with Crippen molar-refractivity contribution in [2.75, 3.05) is 12.4 Å². The molecule has 0 saturated carbocycles. The molecule has 0 radical (unpaired) electrons. The molecule has 0 aliphatic rings. The Morgan fingerprint density at radius 2 is 2.11 bits per heavy atom. The van der Waals surface area contributed by atoms with E-state index >= 15 is 0 Å². The van der Waals surface area contributed by atoms with E-state index in [1.807, 2.05) is 31.2 Å². The monoisotopic (exact) mass is 278 g/mol. The third-order valence-electron chi connectivity index (χ3n) is 2.56. The standard InChI is InChI=1S/C13H18N4OS/c1-3-5-10-19-13-14-15-16-17(13)11-8-6-7-9-12(11)18-4-2/h6-9H,3-5,10H2,1-2H3. The number of nitrogens with zero attached hydrogens (tertiary/aromatic N) is 4. The van der Waals surface area contributed by atoms with Crippen LogP contribution >= 0.6 is 11.8 Å². The van der Waals surface area contributed by atoms with Crippen LogP contribution in [-0.2, 0) is 0 Å². The molecular formula is C13H18N4OS. The van der Waals surface area contributed by atoms with E-state index in [2.05, 4.69) is 22.4 Å². The second-order valence-electron chi connectivity index (χ2n) is 3.98. The Labute approximate surface area is 117 Å². The summed E-state index contributed by atoms with van der Waals surface area (Å²) in [6.07, 6.45) is 2.33. The van der Waals surface area contributed by atoms with Gasteiger partial charge in [0.15, 0.2) is 0 Å². The maximum absolute atomic E-state index is 5.62. The second kappa shape index (κ2) is 7.13. The average molecular weight is 278 g/mol. The van der Waals surface area contributed by atoms with E-state index in [1.54, 1.807) is 16.4 Å². The number of unbranched alkanes of at least 4 members (excludes halogenated alkanes) is 1. The van der Waals surface area contributed by atoms with Gasteiger partial charge in [-0.1, -0.05) is 37.2 Å². The minimum Gasteiger partial charge on any atom is -0.492 e. The van der Waals surface area contributed by atoms with Crippen LogP contribution in [0.2, 0.25) is 0 Å². The van der Waals surface area contributed by atoms with Gasteiger partial charge in [-0.2, -0.15) is 4.68 Å². The molecule has 0 unspecified atom stereocenters. The van der Waals surface area contributed by atoms with Gasteiger partial charge in [0.1, 0.15) is 11.4 Å². The van der Waals surface area contributed by atoms with Crippen LogP contribution in [0.15, 0.2) is 29.4 Å². The number of hydrogen-bond donors (Lipinski definition) is 0. The van der Waals surface area contributed by atoms with Crippen molar-refractivity contribution in [3.05, 3.63) is 24.3 Å². The van der Waals surface area contributed by atoms with Gasteiger partial charge in [0.05, 0.1) is 6.61 Å². The number of benzene rings is 1. The van der Waals surface area contributed by atoms with E-state index in [4.69, 9.17) is 4.74 Å². The largest absolute Gasteiger partial charge is 0.492 e. The first-order valence-corrected chi connectivity index (χ1v) is 7.48. The Balaban J connectivity index is 2.24. The van der Waals surface area contributed by atoms with Crippen molar-refractivity contribution in [1.82, 2.24) is 20.2 Å². The molecule has 2 rings (SSSR count). The molecular weight excluding hydrogens is 260 g/mol. The van der Waals surface area contributed by atoms with Gasteiger partial charge in [-0.05, 0) is 35.9 Å². The van der Waals surface area contributed by atoms with E-state index in [0.717, 1.165) is 28.8 Å². The number of ether oxygens (including phenoxy) is 1. The lowest BCUT2D eigenvalue weighted by atomic mass is 10.3. The Hall–Kier alpha value is -1.56. The maximum Gasteiger partial charge on any atom is 0.214 e. The number of rotatable bonds is 7. The molecule has 2 aromatic rings. The van der Waals surface area contributed by atoms with Gasteiger partial charge < -0.3 is 4.74 Å². The first-order chi connectivity index (χ1) is 9.36. The third-order valence-corrected chi connectivity index (χ3v) is 3.57. The van der Waals surface area contributed by atoms with E-state index in [0.29, 0.717) is 6.61 Å². The summed E-state index contributed by atoms with van der Waals surface area (Å²) < 4.78 is 7.36. The Bertz CT molecular complexity index is 515. The Kier molecular flexibility index (Phi) is 5.20. The minimum absolute atomic E-state index is 0.622. The predicted molar refractivity (Wildman–Crippen MR) is 76.0 cm³/mol. The molecule has 0 aliphatic carbocycles. The normalized spacial score (nSPS) is 10.6. The van der Waals surface area contributed by atoms with Crippen molar-refractivity contribution >= 4 is 11.8 Å². The van der Waals surface area contributed by atoms with Crippen LogP contribution in [-0.4, -0.2) is 32.6 Å². The average Bonchev–Trinajstić information content (AvgIpc) is 2.88. The number of tetrazole rings is 1. The molecule has 0 spiro atoms. The smallest absolute Gasteiger partial charge is 0.214 e. The summed E-state index contributed by atoms with van der Waals surface area (Å²) in [7, 11) is 0. The number of thioether (sulfide) groups is 1. The maximum atomic E-state index is 5.62. The summed E-state index contributed by atoms with van der Waals surface area (Å²) in [5, 5.41) is 12.7. The fraction of sp³-hybridized carbons (Fsp3) is 0.462. The topological polar surface area (TPSA) is 52.8 Å². The molecule has 0 aliphatic heterocycles. The van der Waals surface area contributed by atoms with Crippen LogP contribution in [0.1, 0.15) is 26.7 Å². The third kappa shape index (κ3) is 3.47. The van der Waals surface area contributed by atoms with Gasteiger partial charge in [-0.25, -0.2) is 0 Å². The quantitative estimate of drug-likeness (QED) is 0.575. The molecule has 6 heteroatoms. The highest BCUT2D eigenvalue weighted by Crippen LogP contribution is 2.26. The van der Waals surface area contributed by atoms with Gasteiger partial charge in [0.25, 0.3) is 0 Å². The molecule has 0 atom stereocenters. The molecule has 1 aromatic carbocycles. The zero-order valence-corrected chi connectivity index (χ0v) is 12.1. The van der Waals surface area contributed by atoms with Crippen molar-refractivity contribution < 1.29 is 4.74 Å². The molecule has 19 heavy (non-hydrogen) atoms. The fourth-order valence-corrected chi connectivity index (χ4v) is 2.60. The summed E-state index contributed by atoms with van der Waals surface area (Å²) in [6.45, 7) is 4.76. The number of para-hydroxylation sites is 2. The predicted octanol–water partition coefficient (Wildman–Crippen LogP) is 2.95. The number of hydrogen-bond acceptors (Lipinski definition) is 5. The molecule has 1 aromatic heterocycles. The van der Waals surface area contributed by atoms with Gasteiger partial charge >= 0.3 is 0 Å². The van der Waals surface area contributed by atoms with Gasteiger partial charge in [-0.15, -0.1) is 5.10 Å². The molecule has 102 valence electrons. The Morgan fingerprint density at radius 1 is 1.26 bits per heavy atom. The minimum atomic E-state index is 0.622. The summed E-state index contributed by atoms with van der Waals surface area (Å²) >= 11 is 1.67. The SMILES string of the molecule is CCCCSc1nnnn1-c1ccccc1OCC. The molecule has 0 bridgehead atoms. The van der Waals surface area contributed by atoms with Crippen LogP contribution in [0.4, 0.5) is 0 Å². The van der Waals surface area contributed by atoms with Crippen molar-refractivity contribution in [1.29, 1.82) is 0 Å². The number of aromatic nitrogens is 4. The summed E-state index contributed by atoms with van der Waals surface area (Å²) in [5.41, 5.74) is 0.883. The molecule has 0 amide bonds. The molecule has 0 fully saturated rings. The van der Waals surface area contributed by atoms with E-state index < -0.39 is 0 Å². The van der Waals surface area contributed by atoms with Crippen molar-refractivity contribution in [2.45, 2.75) is 31.8 Å². The summed E-state index contributed by atoms with van der Waals surface area (Å²) in [4.78, 5) is 0. The fourth-order valence-electron chi connectivity index (χ4n) is 1.64. The highest BCUT2D eigenvalue weighted by molar-refractivity contribution is 7.99. The van der Waals surface area contributed by atoms with Crippen molar-refractivity contribution in [3.8, 4) is 11.4 Å². The first-order valence-electron chi connectivity index (χ1n) is 6.50. The van der Waals surface area contributed by atoms with Crippen LogP contribution in [0.25, 0.3) is 5.69 Å². The summed E-state index contributed by atoms with van der Waals surface area (Å²) in [6, 6.07) is 7.80. The molecule has 1 heterocycles. The van der Waals surface area contributed by atoms with Crippen LogP contribution < -0.4 is 4.74 Å². The molecule has 5 nitrogen and oxygen atoms in total. The lowest BCUT2D eigenvalue weighted by Crippen LogP contribution is -2.03. The molecule has 0 N–H and O–H groups in total. The lowest BCUT2D eigenvalue weighted by Gasteiger charge is -2.10. The van der Waals surface area contributed by atoms with Gasteiger partial charge in [0, 0.05) is 5.75 Å². The van der Waals surface area contributed by atoms with E-state index in [1.165, 1.54) is 6.42 Å². The van der Waals surface area contributed by atoms with Gasteiger partial charge in [-0.3, -0.25) is 0 Å². The zero-order valence-electron chi connectivity index (χ0n) is 11.2. The van der Waals surface area contributed by atoms with Crippen LogP contribution in [0, 0.1) is 0 Å². The van der Waals surface area contributed by atoms with Crippen LogP contribution in [0.3, 0.4) is 0 Å². The first kappa shape index (κ1) is 13.9. The highest BCUT2D eigenvalue weighted by Gasteiger charge is 2.12. The Morgan fingerprint density at radius 3 is 2.89 bits per heavy atom. The summed E-state index contributed by atoms with van der Waals surface area (Å²) in [5.74, 6) is 1.82. The molecule has 0 saturated heterocycles. The van der Waals surface area contributed by atoms with E-state index in [-0.39, 0.29) is 0 Å². The van der Waals surface area contributed by atoms with Crippen molar-refractivity contribution in [2.24, 2.45) is 0 Å². The second-order valence-corrected chi connectivity index (χ2v) is 5.04. The van der Waals surface area contributed by atoms with Crippen LogP contribution in [0.5, 0.6) is 5.75 Å². The van der Waals surface area contributed by atoms with E-state index in [9.17, 15) is 0 Å². The zero-order chi connectivity index (χ0) is 13.5. The van der Waals surface area contributed by atoms with Gasteiger partial charge in [0.2, 0.25) is 5.16 Å². The van der Waals surface area contributed by atoms with Crippen molar-refractivity contribution in [3.63, 3.8) is 0 Å². The lowest BCUT2D eigenvalue weighted by molar-refractivity contribution is 0.337.